The number of hydrogen-bond donors (Lipinski definition) is 2. The van der Waals surface area contributed by atoms with E-state index in [1.165, 1.54) is 6.42 Å². The van der Waals surface area contributed by atoms with Crippen LogP contribution in [0.25, 0.3) is 0 Å². The summed E-state index contributed by atoms with van der Waals surface area (Å²) in [5.41, 5.74) is 6.23. The summed E-state index contributed by atoms with van der Waals surface area (Å²) >= 11 is 0. The molecular formula is C19H45N5. The lowest BCUT2D eigenvalue weighted by Gasteiger charge is -2.39. The molecule has 0 saturated heterocycles. The van der Waals surface area contributed by atoms with Gasteiger partial charge in [0.25, 0.3) is 0 Å². The lowest BCUT2D eigenvalue weighted by molar-refractivity contribution is 0.103. The summed E-state index contributed by atoms with van der Waals surface area (Å²) in [6.45, 7) is 18.7. The maximum absolute atomic E-state index is 5.82. The van der Waals surface area contributed by atoms with Gasteiger partial charge in [0.2, 0.25) is 0 Å². The van der Waals surface area contributed by atoms with Crippen molar-refractivity contribution in [1.29, 1.82) is 0 Å². The lowest BCUT2D eigenvalue weighted by Crippen LogP contribution is -2.50. The van der Waals surface area contributed by atoms with E-state index in [0.29, 0.717) is 0 Å². The number of rotatable bonds is 14. The zero-order valence-electron chi connectivity index (χ0n) is 17.8. The Morgan fingerprint density at radius 2 is 1.46 bits per heavy atom. The molecule has 24 heavy (non-hydrogen) atoms. The van der Waals surface area contributed by atoms with Crippen LogP contribution in [0.15, 0.2) is 0 Å². The fraction of sp³-hybridized carbons (Fsp3) is 1.00. The van der Waals surface area contributed by atoms with Crippen molar-refractivity contribution in [3.05, 3.63) is 0 Å². The maximum atomic E-state index is 5.82. The summed E-state index contributed by atoms with van der Waals surface area (Å²) in [6, 6.07) is 0. The highest BCUT2D eigenvalue weighted by Crippen LogP contribution is 2.18. The van der Waals surface area contributed by atoms with Gasteiger partial charge in [0.1, 0.15) is 0 Å². The molecule has 0 rings (SSSR count). The van der Waals surface area contributed by atoms with Crippen molar-refractivity contribution in [2.24, 2.45) is 5.73 Å². The first-order chi connectivity index (χ1) is 11.1. The van der Waals surface area contributed by atoms with Gasteiger partial charge >= 0.3 is 0 Å². The molecule has 0 aliphatic carbocycles. The molecule has 3 N–H and O–H groups in total. The van der Waals surface area contributed by atoms with Gasteiger partial charge in [-0.3, -0.25) is 4.90 Å². The Balaban J connectivity index is 4.32. The Hall–Kier alpha value is -0.200. The second-order valence-corrected chi connectivity index (χ2v) is 8.47. The van der Waals surface area contributed by atoms with Crippen molar-refractivity contribution >= 4 is 0 Å². The van der Waals surface area contributed by atoms with Crippen LogP contribution in [0.4, 0.5) is 0 Å². The molecule has 0 spiro atoms. The monoisotopic (exact) mass is 343 g/mol. The number of nitrogens with zero attached hydrogens (tertiary/aromatic N) is 3. The molecule has 0 aliphatic heterocycles. The van der Waals surface area contributed by atoms with Gasteiger partial charge in [0.15, 0.2) is 0 Å². The molecule has 146 valence electrons. The van der Waals surface area contributed by atoms with Gasteiger partial charge in [-0.1, -0.05) is 6.92 Å². The highest BCUT2D eigenvalue weighted by Gasteiger charge is 2.25. The van der Waals surface area contributed by atoms with Crippen molar-refractivity contribution in [3.63, 3.8) is 0 Å². The summed E-state index contributed by atoms with van der Waals surface area (Å²) in [5, 5.41) is 3.64. The Bertz CT molecular complexity index is 315. The van der Waals surface area contributed by atoms with Crippen molar-refractivity contribution in [3.8, 4) is 0 Å². The topological polar surface area (TPSA) is 47.8 Å². The Labute approximate surface area is 151 Å². The molecule has 0 aromatic heterocycles. The molecule has 0 unspecified atom stereocenters. The number of likely N-dealkylation sites (N-methyl/N-ethyl adjacent to an activating group) is 1. The quantitative estimate of drug-likeness (QED) is 0.470. The summed E-state index contributed by atoms with van der Waals surface area (Å²) in [4.78, 5) is 7.25. The van der Waals surface area contributed by atoms with E-state index in [0.717, 1.165) is 52.2 Å². The minimum atomic E-state index is 0.161. The number of hydrogen-bond acceptors (Lipinski definition) is 5. The average Bonchev–Trinajstić information content (AvgIpc) is 2.48. The van der Waals surface area contributed by atoms with E-state index in [-0.39, 0.29) is 11.1 Å². The van der Waals surface area contributed by atoms with Crippen LogP contribution in [0, 0.1) is 0 Å². The van der Waals surface area contributed by atoms with E-state index >= 15 is 0 Å². The molecule has 0 radical (unpaired) electrons. The molecule has 0 atom stereocenters. The minimum absolute atomic E-state index is 0.161. The molecule has 0 fully saturated rings. The van der Waals surface area contributed by atoms with E-state index in [9.17, 15) is 0 Å². The van der Waals surface area contributed by atoms with E-state index in [2.05, 4.69) is 75.8 Å². The first kappa shape index (κ1) is 23.8. The average molecular weight is 344 g/mol. The number of nitrogens with two attached hydrogens (primary N) is 1. The summed E-state index contributed by atoms with van der Waals surface area (Å²) in [5.74, 6) is 0. The third kappa shape index (κ3) is 9.33. The highest BCUT2D eigenvalue weighted by molar-refractivity contribution is 4.83. The Morgan fingerprint density at radius 3 is 1.96 bits per heavy atom. The van der Waals surface area contributed by atoms with Crippen LogP contribution in [-0.2, 0) is 0 Å². The fourth-order valence-corrected chi connectivity index (χ4v) is 2.90. The van der Waals surface area contributed by atoms with E-state index < -0.39 is 0 Å². The third-order valence-electron chi connectivity index (χ3n) is 5.41. The smallest absolute Gasteiger partial charge is 0.0166 e. The summed E-state index contributed by atoms with van der Waals surface area (Å²) < 4.78 is 0. The van der Waals surface area contributed by atoms with Crippen molar-refractivity contribution < 1.29 is 0 Å². The molecule has 5 nitrogen and oxygen atoms in total. The molecule has 0 amide bonds. The predicted molar refractivity (Wildman–Crippen MR) is 108 cm³/mol. The lowest BCUT2D eigenvalue weighted by atomic mass is 9.97. The van der Waals surface area contributed by atoms with E-state index in [1.807, 2.05) is 0 Å². The van der Waals surface area contributed by atoms with Gasteiger partial charge in [-0.15, -0.1) is 0 Å². The van der Waals surface area contributed by atoms with Gasteiger partial charge in [-0.25, -0.2) is 0 Å². The summed E-state index contributed by atoms with van der Waals surface area (Å²) in [6.07, 6.45) is 2.20. The zero-order valence-corrected chi connectivity index (χ0v) is 17.8. The van der Waals surface area contributed by atoms with Crippen molar-refractivity contribution in [2.45, 2.75) is 58.5 Å². The standard InChI is InChI=1S/C19H45N5/c1-9-23(8)18(2,3)11-13-21-14-15-24(17-16-22(6)7)19(4,5)10-12-20/h21H,9-17,20H2,1-8H3. The van der Waals surface area contributed by atoms with Gasteiger partial charge in [-0.05, 0) is 81.3 Å². The zero-order chi connectivity index (χ0) is 18.8. The maximum Gasteiger partial charge on any atom is 0.0166 e. The second kappa shape index (κ2) is 11.4. The van der Waals surface area contributed by atoms with Crippen LogP contribution in [-0.4, -0.2) is 92.7 Å². The van der Waals surface area contributed by atoms with Crippen LogP contribution in [0.2, 0.25) is 0 Å². The number of nitrogens with one attached hydrogen (secondary N) is 1. The molecular weight excluding hydrogens is 298 g/mol. The molecule has 0 aromatic carbocycles. The van der Waals surface area contributed by atoms with E-state index in [4.69, 9.17) is 5.73 Å². The van der Waals surface area contributed by atoms with Gasteiger partial charge in [-0.2, -0.15) is 0 Å². The first-order valence-electron chi connectivity index (χ1n) is 9.58. The first-order valence-corrected chi connectivity index (χ1v) is 9.58. The van der Waals surface area contributed by atoms with Crippen LogP contribution >= 0.6 is 0 Å². The predicted octanol–water partition coefficient (Wildman–Crippen LogP) is 1.69. The van der Waals surface area contributed by atoms with Gasteiger partial charge in [0, 0.05) is 37.3 Å². The highest BCUT2D eigenvalue weighted by atomic mass is 15.2. The third-order valence-corrected chi connectivity index (χ3v) is 5.41. The van der Waals surface area contributed by atoms with Crippen LogP contribution in [0.5, 0.6) is 0 Å². The molecule has 0 saturated carbocycles. The Kier molecular flexibility index (Phi) is 11.3. The van der Waals surface area contributed by atoms with Crippen LogP contribution in [0.1, 0.15) is 47.5 Å². The Morgan fingerprint density at radius 1 is 0.833 bits per heavy atom. The van der Waals surface area contributed by atoms with Gasteiger partial charge in [0.05, 0.1) is 0 Å². The van der Waals surface area contributed by atoms with Gasteiger partial charge < -0.3 is 20.9 Å². The second-order valence-electron chi connectivity index (χ2n) is 8.47. The van der Waals surface area contributed by atoms with Crippen LogP contribution in [0.3, 0.4) is 0 Å². The molecule has 0 aromatic rings. The van der Waals surface area contributed by atoms with Crippen LogP contribution < -0.4 is 11.1 Å². The fourth-order valence-electron chi connectivity index (χ4n) is 2.90. The normalized spacial score (nSPS) is 13.5. The molecule has 0 heterocycles. The molecule has 0 bridgehead atoms. The molecule has 0 aliphatic rings. The largest absolute Gasteiger partial charge is 0.330 e. The van der Waals surface area contributed by atoms with Crippen molar-refractivity contribution in [2.75, 3.05) is 67.0 Å². The molecule has 5 heteroatoms. The SMILES string of the molecule is CCN(C)C(C)(C)CCNCCN(CCN(C)C)C(C)(C)CCN. The van der Waals surface area contributed by atoms with Crippen molar-refractivity contribution in [1.82, 2.24) is 20.0 Å². The minimum Gasteiger partial charge on any atom is -0.330 e. The summed E-state index contributed by atoms with van der Waals surface area (Å²) in [7, 11) is 6.48. The van der Waals surface area contributed by atoms with E-state index in [1.54, 1.807) is 0 Å².